The molecule has 0 aliphatic rings. The highest BCUT2D eigenvalue weighted by Gasteiger charge is 2.17. The average Bonchev–Trinajstić information content (AvgIpc) is 3.29. The molecule has 9 heteroatoms. The number of rotatable bonds is 7. The van der Waals surface area contributed by atoms with Gasteiger partial charge in [-0.05, 0) is 72.2 Å². The van der Waals surface area contributed by atoms with Gasteiger partial charge in [0.25, 0.3) is 5.56 Å². The zero-order valence-corrected chi connectivity index (χ0v) is 21.8. The van der Waals surface area contributed by atoms with E-state index in [0.717, 1.165) is 9.86 Å². The summed E-state index contributed by atoms with van der Waals surface area (Å²) >= 11 is 9.68. The molecule has 0 aliphatic carbocycles. The van der Waals surface area contributed by atoms with Crippen molar-refractivity contribution in [2.45, 2.75) is 13.8 Å². The summed E-state index contributed by atoms with van der Waals surface area (Å²) in [6.45, 7) is 4.78. The fraction of sp³-hybridized carbons (Fsp3) is 0.148. The first kappa shape index (κ1) is 24.1. The molecule has 36 heavy (non-hydrogen) atoms. The number of hydrogen-bond donors (Lipinski definition) is 0. The topological polar surface area (TPSA) is 78.8 Å². The molecule has 0 bridgehead atoms. The van der Waals surface area contributed by atoms with E-state index in [9.17, 15) is 4.79 Å². The van der Waals surface area contributed by atoms with E-state index in [-0.39, 0.29) is 11.4 Å². The van der Waals surface area contributed by atoms with E-state index in [1.807, 2.05) is 26.0 Å². The Bertz CT molecular complexity index is 1680. The van der Waals surface area contributed by atoms with Crippen LogP contribution in [0.2, 0.25) is 5.02 Å². The summed E-state index contributed by atoms with van der Waals surface area (Å²) in [7, 11) is 0. The van der Waals surface area contributed by atoms with E-state index in [1.165, 1.54) is 4.68 Å². The van der Waals surface area contributed by atoms with Gasteiger partial charge in [-0.15, -0.1) is 0 Å². The number of benzene rings is 3. The van der Waals surface area contributed by atoms with Crippen molar-refractivity contribution in [3.05, 3.63) is 86.1 Å². The minimum absolute atomic E-state index is 0.269. The molecule has 0 saturated carbocycles. The zero-order valence-electron chi connectivity index (χ0n) is 19.5. The Kier molecular flexibility index (Phi) is 6.80. The number of furan rings is 1. The molecule has 0 spiro atoms. The lowest BCUT2D eigenvalue weighted by molar-refractivity contribution is 0.321. The predicted octanol–water partition coefficient (Wildman–Crippen LogP) is 6.91. The van der Waals surface area contributed by atoms with E-state index in [2.05, 4.69) is 21.0 Å². The molecule has 0 saturated heterocycles. The third-order valence-electron chi connectivity index (χ3n) is 5.43. The molecule has 0 radical (unpaired) electrons. The van der Waals surface area contributed by atoms with Crippen molar-refractivity contribution in [3.63, 3.8) is 0 Å². The number of para-hydroxylation sites is 1. The average molecular weight is 567 g/mol. The zero-order chi connectivity index (χ0) is 25.2. The number of fused-ring (bicyclic) bond motifs is 2. The van der Waals surface area contributed by atoms with Gasteiger partial charge in [-0.2, -0.15) is 9.78 Å². The van der Waals surface area contributed by atoms with Crippen LogP contribution in [0.4, 0.5) is 0 Å². The van der Waals surface area contributed by atoms with Crippen LogP contribution in [0.15, 0.2) is 79.4 Å². The highest BCUT2D eigenvalue weighted by Crippen LogP contribution is 2.33. The third-order valence-corrected chi connectivity index (χ3v) is 6.28. The van der Waals surface area contributed by atoms with Crippen molar-refractivity contribution in [2.75, 3.05) is 13.2 Å². The maximum absolute atomic E-state index is 13.5. The molecule has 0 atom stereocenters. The van der Waals surface area contributed by atoms with Crippen LogP contribution in [0.5, 0.6) is 11.5 Å². The summed E-state index contributed by atoms with van der Waals surface area (Å²) < 4.78 is 19.5. The normalized spacial score (nSPS) is 11.6. The van der Waals surface area contributed by atoms with Gasteiger partial charge in [0, 0.05) is 22.0 Å². The van der Waals surface area contributed by atoms with Gasteiger partial charge in [-0.1, -0.05) is 23.7 Å². The molecule has 0 aliphatic heterocycles. The second-order valence-electron chi connectivity index (χ2n) is 7.79. The Morgan fingerprint density at radius 3 is 2.64 bits per heavy atom. The van der Waals surface area contributed by atoms with Crippen LogP contribution in [-0.4, -0.2) is 29.1 Å². The van der Waals surface area contributed by atoms with Crippen LogP contribution in [0, 0.1) is 0 Å². The first-order valence-electron chi connectivity index (χ1n) is 11.3. The van der Waals surface area contributed by atoms with Crippen LogP contribution in [0.1, 0.15) is 19.4 Å². The molecule has 2 aromatic heterocycles. The highest BCUT2D eigenvalue weighted by atomic mass is 79.9. The summed E-state index contributed by atoms with van der Waals surface area (Å²) in [5.41, 5.74) is 1.51. The quantitative estimate of drug-likeness (QED) is 0.200. The molecule has 2 heterocycles. The predicted molar refractivity (Wildman–Crippen MR) is 146 cm³/mol. The summed E-state index contributed by atoms with van der Waals surface area (Å²) in [5, 5.41) is 6.36. The lowest BCUT2D eigenvalue weighted by atomic mass is 10.2. The van der Waals surface area contributed by atoms with E-state index < -0.39 is 0 Å². The van der Waals surface area contributed by atoms with Gasteiger partial charge in [0.05, 0.1) is 34.8 Å². The van der Waals surface area contributed by atoms with Crippen molar-refractivity contribution in [1.29, 1.82) is 0 Å². The van der Waals surface area contributed by atoms with E-state index >= 15 is 0 Å². The minimum Gasteiger partial charge on any atom is -0.493 e. The molecular weight excluding hydrogens is 546 g/mol. The second-order valence-corrected chi connectivity index (χ2v) is 9.08. The van der Waals surface area contributed by atoms with Gasteiger partial charge >= 0.3 is 0 Å². The Morgan fingerprint density at radius 2 is 1.83 bits per heavy atom. The summed E-state index contributed by atoms with van der Waals surface area (Å²) in [5.74, 6) is 1.90. The first-order valence-corrected chi connectivity index (χ1v) is 12.5. The number of ether oxygens (including phenoxy) is 2. The summed E-state index contributed by atoms with van der Waals surface area (Å²) in [4.78, 5) is 18.2. The van der Waals surface area contributed by atoms with Crippen LogP contribution < -0.4 is 15.0 Å². The largest absolute Gasteiger partial charge is 0.493 e. The number of halogens is 2. The number of nitrogens with zero attached hydrogens (tertiary/aromatic N) is 3. The molecule has 0 N–H and O–H groups in total. The fourth-order valence-corrected chi connectivity index (χ4v) is 4.49. The highest BCUT2D eigenvalue weighted by molar-refractivity contribution is 9.10. The molecule has 5 aromatic rings. The molecule has 0 unspecified atom stereocenters. The van der Waals surface area contributed by atoms with Gasteiger partial charge in [-0.3, -0.25) is 4.79 Å². The van der Waals surface area contributed by atoms with Crippen molar-refractivity contribution < 1.29 is 13.9 Å². The van der Waals surface area contributed by atoms with Gasteiger partial charge in [0.15, 0.2) is 5.76 Å². The van der Waals surface area contributed by atoms with Crippen molar-refractivity contribution in [3.8, 4) is 23.1 Å². The molecular formula is C27H21BrClN3O4. The fourth-order valence-electron chi connectivity index (χ4n) is 3.83. The molecule has 0 fully saturated rings. The smallest absolute Gasteiger partial charge is 0.282 e. The standard InChI is InChI=1S/C27H21BrClN3O4/c1-3-34-23-14-24(35-4-2)20(28)12-17(23)15-30-32-26(31-21-8-6-5-7-19(21)27(32)33)25-13-16-11-18(29)9-10-22(16)36-25/h5-15H,3-4H2,1-2H3. The second kappa shape index (κ2) is 10.2. The first-order chi connectivity index (χ1) is 17.5. The molecule has 5 rings (SSSR count). The monoisotopic (exact) mass is 565 g/mol. The molecule has 0 amide bonds. The lowest BCUT2D eigenvalue weighted by Crippen LogP contribution is -2.20. The lowest BCUT2D eigenvalue weighted by Gasteiger charge is -2.12. The Balaban J connectivity index is 1.69. The maximum atomic E-state index is 13.5. The Morgan fingerprint density at radius 1 is 1.06 bits per heavy atom. The number of hydrogen-bond acceptors (Lipinski definition) is 6. The van der Waals surface area contributed by atoms with Crippen LogP contribution in [-0.2, 0) is 0 Å². The summed E-state index contributed by atoms with van der Waals surface area (Å²) in [6, 6.07) is 17.9. The minimum atomic E-state index is -0.326. The van der Waals surface area contributed by atoms with Gasteiger partial charge < -0.3 is 13.9 Å². The maximum Gasteiger partial charge on any atom is 0.282 e. The SMILES string of the molecule is CCOc1cc(OCC)c(C=Nn2c(-c3cc4cc(Cl)ccc4o3)nc3ccccc3c2=O)cc1Br. The van der Waals surface area contributed by atoms with E-state index in [0.29, 0.717) is 57.5 Å². The van der Waals surface area contributed by atoms with Crippen molar-refractivity contribution in [2.24, 2.45) is 5.10 Å². The summed E-state index contributed by atoms with van der Waals surface area (Å²) in [6.07, 6.45) is 1.56. The van der Waals surface area contributed by atoms with E-state index in [1.54, 1.807) is 54.7 Å². The van der Waals surface area contributed by atoms with Crippen molar-refractivity contribution in [1.82, 2.24) is 9.66 Å². The van der Waals surface area contributed by atoms with Crippen LogP contribution in [0.25, 0.3) is 33.5 Å². The van der Waals surface area contributed by atoms with Crippen LogP contribution >= 0.6 is 27.5 Å². The van der Waals surface area contributed by atoms with Gasteiger partial charge in [0.1, 0.15) is 17.1 Å². The van der Waals surface area contributed by atoms with Gasteiger partial charge in [0.2, 0.25) is 5.82 Å². The van der Waals surface area contributed by atoms with Crippen molar-refractivity contribution >= 4 is 55.6 Å². The number of aromatic nitrogens is 2. The molecule has 7 nitrogen and oxygen atoms in total. The Hall–Kier alpha value is -3.62. The van der Waals surface area contributed by atoms with Gasteiger partial charge in [-0.25, -0.2) is 4.98 Å². The third kappa shape index (κ3) is 4.62. The van der Waals surface area contributed by atoms with Crippen LogP contribution in [0.3, 0.4) is 0 Å². The molecule has 3 aromatic carbocycles. The Labute approximate surface area is 220 Å². The molecule has 182 valence electrons. The van der Waals surface area contributed by atoms with E-state index in [4.69, 9.17) is 30.5 Å².